The van der Waals surface area contributed by atoms with Crippen molar-refractivity contribution < 1.29 is 0 Å². The van der Waals surface area contributed by atoms with E-state index >= 15 is 0 Å². The highest BCUT2D eigenvalue weighted by Crippen LogP contribution is 2.26. The second-order valence-corrected chi connectivity index (χ2v) is 6.09. The van der Waals surface area contributed by atoms with Gasteiger partial charge in [0, 0.05) is 44.6 Å². The molecule has 2 unspecified atom stereocenters. The lowest BCUT2D eigenvalue weighted by Crippen LogP contribution is -2.59. The summed E-state index contributed by atoms with van der Waals surface area (Å²) in [5.41, 5.74) is 0. The third-order valence-electron chi connectivity index (χ3n) is 4.89. The lowest BCUT2D eigenvalue weighted by molar-refractivity contribution is 0.00170. The van der Waals surface area contributed by atoms with Crippen molar-refractivity contribution in [1.82, 2.24) is 19.4 Å². The molecular weight excluding hydrogens is 236 g/mol. The van der Waals surface area contributed by atoms with Crippen LogP contribution >= 0.6 is 0 Å². The van der Waals surface area contributed by atoms with Crippen LogP contribution in [0.5, 0.6) is 0 Å². The van der Waals surface area contributed by atoms with Crippen molar-refractivity contribution in [3.05, 3.63) is 18.2 Å². The first kappa shape index (κ1) is 13.1. The molecule has 3 rings (SSSR count). The van der Waals surface area contributed by atoms with Crippen LogP contribution in [0.1, 0.15) is 38.4 Å². The van der Waals surface area contributed by atoms with E-state index in [1.807, 2.05) is 12.4 Å². The molecule has 2 aliphatic rings. The Labute approximate surface area is 116 Å². The first-order valence-corrected chi connectivity index (χ1v) is 7.72. The number of aryl methyl sites for hydroxylation is 1. The third-order valence-corrected chi connectivity index (χ3v) is 4.89. The molecular formula is C15H26N4. The van der Waals surface area contributed by atoms with Crippen LogP contribution in [0.2, 0.25) is 0 Å². The van der Waals surface area contributed by atoms with Crippen molar-refractivity contribution in [2.24, 2.45) is 7.05 Å². The predicted octanol–water partition coefficient (Wildman–Crippen LogP) is 1.87. The van der Waals surface area contributed by atoms with Crippen molar-refractivity contribution in [2.45, 2.75) is 51.2 Å². The summed E-state index contributed by atoms with van der Waals surface area (Å²) < 4.78 is 2.15. The molecule has 2 saturated heterocycles. The summed E-state index contributed by atoms with van der Waals surface area (Å²) >= 11 is 0. The van der Waals surface area contributed by atoms with E-state index in [-0.39, 0.29) is 0 Å². The van der Waals surface area contributed by atoms with Gasteiger partial charge in [-0.05, 0) is 25.8 Å². The molecule has 2 atom stereocenters. The molecule has 19 heavy (non-hydrogen) atoms. The Hall–Kier alpha value is -0.870. The molecule has 4 heteroatoms. The van der Waals surface area contributed by atoms with Crippen LogP contribution in [0.4, 0.5) is 0 Å². The summed E-state index contributed by atoms with van der Waals surface area (Å²) in [6.07, 6.45) is 9.39. The molecule has 106 valence electrons. The van der Waals surface area contributed by atoms with Gasteiger partial charge in [-0.2, -0.15) is 0 Å². The zero-order chi connectivity index (χ0) is 13.2. The minimum Gasteiger partial charge on any atom is -0.337 e. The Morgan fingerprint density at radius 1 is 1.32 bits per heavy atom. The molecule has 0 bridgehead atoms. The van der Waals surface area contributed by atoms with E-state index in [1.54, 1.807) is 0 Å². The number of hydrogen-bond acceptors (Lipinski definition) is 3. The molecule has 0 N–H and O–H groups in total. The Morgan fingerprint density at radius 2 is 2.21 bits per heavy atom. The average molecular weight is 262 g/mol. The van der Waals surface area contributed by atoms with Crippen LogP contribution in [0.25, 0.3) is 0 Å². The maximum Gasteiger partial charge on any atom is 0.122 e. The number of imidazole rings is 1. The highest BCUT2D eigenvalue weighted by atomic mass is 15.3. The fourth-order valence-corrected chi connectivity index (χ4v) is 3.62. The number of rotatable bonds is 3. The molecule has 0 saturated carbocycles. The molecule has 0 aromatic carbocycles. The Balaban J connectivity index is 1.70. The predicted molar refractivity (Wildman–Crippen MR) is 76.9 cm³/mol. The van der Waals surface area contributed by atoms with Gasteiger partial charge in [-0.25, -0.2) is 4.98 Å². The summed E-state index contributed by atoms with van der Waals surface area (Å²) in [5.74, 6) is 1.20. The number of aromatic nitrogens is 2. The van der Waals surface area contributed by atoms with Crippen LogP contribution in [0.15, 0.2) is 12.4 Å². The van der Waals surface area contributed by atoms with Crippen molar-refractivity contribution in [2.75, 3.05) is 19.6 Å². The Morgan fingerprint density at radius 3 is 2.95 bits per heavy atom. The van der Waals surface area contributed by atoms with Gasteiger partial charge in [-0.15, -0.1) is 0 Å². The van der Waals surface area contributed by atoms with E-state index in [9.17, 15) is 0 Å². The molecule has 0 aliphatic carbocycles. The van der Waals surface area contributed by atoms with E-state index in [1.165, 1.54) is 51.1 Å². The van der Waals surface area contributed by atoms with Crippen molar-refractivity contribution in [3.8, 4) is 0 Å². The fraction of sp³-hybridized carbons (Fsp3) is 0.800. The minimum atomic E-state index is 0.700. The first-order valence-electron chi connectivity index (χ1n) is 7.72. The number of nitrogens with zero attached hydrogens (tertiary/aromatic N) is 4. The maximum absolute atomic E-state index is 4.49. The average Bonchev–Trinajstić information content (AvgIpc) is 2.83. The zero-order valence-corrected chi connectivity index (χ0v) is 12.3. The molecule has 2 fully saturated rings. The highest BCUT2D eigenvalue weighted by Gasteiger charge is 2.34. The molecule has 2 aliphatic heterocycles. The summed E-state index contributed by atoms with van der Waals surface area (Å²) in [6, 6.07) is 1.49. The summed E-state index contributed by atoms with van der Waals surface area (Å²) in [5, 5.41) is 0. The highest BCUT2D eigenvalue weighted by molar-refractivity contribution is 4.96. The Kier molecular flexibility index (Phi) is 3.89. The minimum absolute atomic E-state index is 0.700. The molecule has 1 aromatic heterocycles. The molecule has 0 amide bonds. The quantitative estimate of drug-likeness (QED) is 0.831. The van der Waals surface area contributed by atoms with Crippen molar-refractivity contribution >= 4 is 0 Å². The number of piperazine rings is 1. The van der Waals surface area contributed by atoms with Crippen molar-refractivity contribution in [3.63, 3.8) is 0 Å². The molecule has 3 heterocycles. The smallest absolute Gasteiger partial charge is 0.122 e. The number of fused-ring (bicyclic) bond motifs is 1. The third kappa shape index (κ3) is 2.70. The number of hydrogen-bond donors (Lipinski definition) is 0. The van der Waals surface area contributed by atoms with Crippen LogP contribution in [0, 0.1) is 0 Å². The van der Waals surface area contributed by atoms with Gasteiger partial charge in [0.15, 0.2) is 0 Å². The lowest BCUT2D eigenvalue weighted by Gasteiger charge is -2.48. The van der Waals surface area contributed by atoms with Crippen LogP contribution in [-0.2, 0) is 13.6 Å². The van der Waals surface area contributed by atoms with E-state index in [0.717, 1.165) is 12.6 Å². The van der Waals surface area contributed by atoms with Crippen LogP contribution < -0.4 is 0 Å². The zero-order valence-electron chi connectivity index (χ0n) is 12.3. The summed E-state index contributed by atoms with van der Waals surface area (Å²) in [7, 11) is 2.10. The van der Waals surface area contributed by atoms with Gasteiger partial charge < -0.3 is 4.57 Å². The standard InChI is InChI=1S/C15H26N4/c1-3-13-10-18-8-5-4-6-14(18)11-19(13)12-15-16-7-9-17(15)2/h7,9,13-14H,3-6,8,10-12H2,1-2H3. The monoisotopic (exact) mass is 262 g/mol. The lowest BCUT2D eigenvalue weighted by atomic mass is 9.96. The van der Waals surface area contributed by atoms with Crippen molar-refractivity contribution in [1.29, 1.82) is 0 Å². The van der Waals surface area contributed by atoms with E-state index in [0.29, 0.717) is 6.04 Å². The normalized spacial score (nSPS) is 29.4. The SMILES string of the molecule is CCC1CN2CCCCC2CN1Cc1nccn1C. The van der Waals surface area contributed by atoms with Gasteiger partial charge in [-0.1, -0.05) is 13.3 Å². The van der Waals surface area contributed by atoms with Gasteiger partial charge in [0.2, 0.25) is 0 Å². The second kappa shape index (κ2) is 5.63. The Bertz CT molecular complexity index is 414. The van der Waals surface area contributed by atoms with Gasteiger partial charge in [0.05, 0.1) is 6.54 Å². The molecule has 0 radical (unpaired) electrons. The van der Waals surface area contributed by atoms with E-state index < -0.39 is 0 Å². The van der Waals surface area contributed by atoms with Gasteiger partial charge in [-0.3, -0.25) is 9.80 Å². The van der Waals surface area contributed by atoms with Gasteiger partial charge in [0.1, 0.15) is 5.82 Å². The largest absolute Gasteiger partial charge is 0.337 e. The molecule has 4 nitrogen and oxygen atoms in total. The van der Waals surface area contributed by atoms with E-state index in [4.69, 9.17) is 0 Å². The molecule has 1 aromatic rings. The van der Waals surface area contributed by atoms with E-state index in [2.05, 4.69) is 33.3 Å². The first-order chi connectivity index (χ1) is 9.28. The second-order valence-electron chi connectivity index (χ2n) is 6.09. The van der Waals surface area contributed by atoms with Gasteiger partial charge >= 0.3 is 0 Å². The summed E-state index contributed by atoms with van der Waals surface area (Å²) in [6.45, 7) is 7.13. The molecule has 0 spiro atoms. The van der Waals surface area contributed by atoms with Crippen LogP contribution in [-0.4, -0.2) is 51.1 Å². The van der Waals surface area contributed by atoms with Crippen LogP contribution in [0.3, 0.4) is 0 Å². The maximum atomic E-state index is 4.49. The summed E-state index contributed by atoms with van der Waals surface area (Å²) in [4.78, 5) is 9.88. The fourth-order valence-electron chi connectivity index (χ4n) is 3.62. The number of piperidine rings is 1. The topological polar surface area (TPSA) is 24.3 Å². The van der Waals surface area contributed by atoms with Gasteiger partial charge in [0.25, 0.3) is 0 Å².